The Bertz CT molecular complexity index is 1250. The number of hydrogen-bond donors (Lipinski definition) is 1. The molecule has 0 unspecified atom stereocenters. The maximum atomic E-state index is 5.97. The molecule has 4 aromatic rings. The zero-order valence-corrected chi connectivity index (χ0v) is 19.4. The van der Waals surface area contributed by atoms with E-state index in [0.29, 0.717) is 24.9 Å². The number of rotatable bonds is 8. The number of nitrogens with zero attached hydrogens (tertiary/aromatic N) is 6. The number of piperidine rings is 1. The van der Waals surface area contributed by atoms with Gasteiger partial charge in [-0.05, 0) is 37.5 Å². The lowest BCUT2D eigenvalue weighted by molar-refractivity contribution is 0.295. The first-order chi connectivity index (χ1) is 16.8. The summed E-state index contributed by atoms with van der Waals surface area (Å²) in [5, 5.41) is 7.56. The zero-order chi connectivity index (χ0) is 23.2. The maximum Gasteiger partial charge on any atom is 0.320 e. The minimum absolute atomic E-state index is 0.364. The van der Waals surface area contributed by atoms with Gasteiger partial charge < -0.3 is 14.6 Å². The molecule has 1 saturated heterocycles. The average molecular weight is 456 g/mol. The van der Waals surface area contributed by atoms with Crippen molar-refractivity contribution in [1.29, 1.82) is 0 Å². The summed E-state index contributed by atoms with van der Waals surface area (Å²) in [7, 11) is 1.89. The number of H-pyrrole nitrogens is 1. The Morgan fingerprint density at radius 2 is 1.94 bits per heavy atom. The molecule has 0 radical (unpaired) electrons. The van der Waals surface area contributed by atoms with Crippen LogP contribution < -0.4 is 14.6 Å². The van der Waals surface area contributed by atoms with Crippen LogP contribution in [0.15, 0.2) is 66.0 Å². The van der Waals surface area contributed by atoms with Gasteiger partial charge >= 0.3 is 6.01 Å². The highest BCUT2D eigenvalue weighted by Crippen LogP contribution is 2.25. The molecular weight excluding hydrogens is 426 g/mol. The minimum Gasteiger partial charge on any atom is -0.463 e. The minimum atomic E-state index is 0.364. The van der Waals surface area contributed by atoms with Crippen LogP contribution in [-0.4, -0.2) is 52.9 Å². The topological polar surface area (TPSA) is 82.5 Å². The Morgan fingerprint density at radius 3 is 2.79 bits per heavy atom. The van der Waals surface area contributed by atoms with Crippen molar-refractivity contribution in [3.05, 3.63) is 72.2 Å². The van der Waals surface area contributed by atoms with Crippen molar-refractivity contribution in [2.75, 3.05) is 36.7 Å². The van der Waals surface area contributed by atoms with Gasteiger partial charge in [-0.1, -0.05) is 24.3 Å². The van der Waals surface area contributed by atoms with E-state index in [9.17, 15) is 0 Å². The fourth-order valence-corrected chi connectivity index (χ4v) is 4.12. The largest absolute Gasteiger partial charge is 0.463 e. The highest BCUT2D eigenvalue weighted by Gasteiger charge is 2.17. The number of nitrogens with one attached hydrogen (secondary N) is 1. The SMILES string of the molecule is CN(/N=C/c1c[nH]c2ccccc12)c1cc(N2CCCCC2)nc(OCCc2ccccn2)n1. The number of para-hydroxylation sites is 1. The number of benzene rings is 1. The van der Waals surface area contributed by atoms with Gasteiger partial charge in [0.25, 0.3) is 0 Å². The fourth-order valence-electron chi connectivity index (χ4n) is 4.12. The van der Waals surface area contributed by atoms with Crippen LogP contribution in [0.1, 0.15) is 30.5 Å². The first-order valence-corrected chi connectivity index (χ1v) is 11.8. The molecule has 1 fully saturated rings. The summed E-state index contributed by atoms with van der Waals surface area (Å²) in [6, 6.07) is 16.4. The third-order valence-electron chi connectivity index (χ3n) is 6.00. The van der Waals surface area contributed by atoms with E-state index in [1.54, 1.807) is 11.2 Å². The Hall–Kier alpha value is -3.94. The first kappa shape index (κ1) is 21.9. The highest BCUT2D eigenvalue weighted by molar-refractivity contribution is 5.99. The Balaban J connectivity index is 1.36. The molecule has 1 N–H and O–H groups in total. The molecule has 4 heterocycles. The lowest BCUT2D eigenvalue weighted by atomic mass is 10.1. The van der Waals surface area contributed by atoms with Crippen molar-refractivity contribution in [2.24, 2.45) is 5.10 Å². The van der Waals surface area contributed by atoms with Crippen molar-refractivity contribution in [2.45, 2.75) is 25.7 Å². The molecule has 0 atom stereocenters. The third-order valence-corrected chi connectivity index (χ3v) is 6.00. The molecule has 0 aliphatic carbocycles. The van der Waals surface area contributed by atoms with Gasteiger partial charge in [0.1, 0.15) is 5.82 Å². The monoisotopic (exact) mass is 455 g/mol. The number of aromatic nitrogens is 4. The number of fused-ring (bicyclic) bond motifs is 1. The van der Waals surface area contributed by atoms with Gasteiger partial charge in [0.15, 0.2) is 5.82 Å². The van der Waals surface area contributed by atoms with Gasteiger partial charge in [-0.25, -0.2) is 0 Å². The normalized spacial score (nSPS) is 14.1. The number of anilines is 2. The Kier molecular flexibility index (Phi) is 6.65. The summed E-state index contributed by atoms with van der Waals surface area (Å²) in [5.74, 6) is 1.58. The number of aromatic amines is 1. The smallest absolute Gasteiger partial charge is 0.320 e. The van der Waals surface area contributed by atoms with Crippen LogP contribution in [0.4, 0.5) is 11.6 Å². The van der Waals surface area contributed by atoms with Crippen molar-refractivity contribution in [3.63, 3.8) is 0 Å². The summed E-state index contributed by atoms with van der Waals surface area (Å²) in [6.07, 6.45) is 9.91. The van der Waals surface area contributed by atoms with Gasteiger partial charge in [-0.15, -0.1) is 0 Å². The second-order valence-electron chi connectivity index (χ2n) is 8.39. The van der Waals surface area contributed by atoms with E-state index in [1.165, 1.54) is 19.3 Å². The van der Waals surface area contributed by atoms with E-state index in [-0.39, 0.29) is 0 Å². The molecule has 5 rings (SSSR count). The molecule has 0 amide bonds. The standard InChI is InChI=1S/C26H29N7O/c1-32(29-19-20-18-28-23-11-4-3-10-22(20)23)24-17-25(33-14-7-2-8-15-33)31-26(30-24)34-16-12-21-9-5-6-13-27-21/h3-6,9-11,13,17-19,28H,2,7-8,12,14-16H2,1H3/b29-19+. The molecule has 0 bridgehead atoms. The van der Waals surface area contributed by atoms with Crippen LogP contribution >= 0.6 is 0 Å². The molecule has 3 aromatic heterocycles. The summed E-state index contributed by atoms with van der Waals surface area (Å²) in [6.45, 7) is 2.44. The molecule has 1 aliphatic rings. The third kappa shape index (κ3) is 5.17. The molecule has 0 saturated carbocycles. The van der Waals surface area contributed by atoms with Gasteiger partial charge in [0.05, 0.1) is 12.8 Å². The molecule has 174 valence electrons. The fraction of sp³-hybridized carbons (Fsp3) is 0.308. The number of ether oxygens (including phenoxy) is 1. The predicted octanol–water partition coefficient (Wildman–Crippen LogP) is 4.44. The quantitative estimate of drug-likeness (QED) is 0.313. The maximum absolute atomic E-state index is 5.97. The number of hydrogen-bond acceptors (Lipinski definition) is 7. The lowest BCUT2D eigenvalue weighted by Gasteiger charge is -2.28. The van der Waals surface area contributed by atoms with E-state index >= 15 is 0 Å². The molecule has 34 heavy (non-hydrogen) atoms. The van der Waals surface area contributed by atoms with Crippen molar-refractivity contribution >= 4 is 28.8 Å². The number of pyridine rings is 1. The average Bonchev–Trinajstić information content (AvgIpc) is 3.31. The second kappa shape index (κ2) is 10.3. The Labute approximate surface area is 199 Å². The lowest BCUT2D eigenvalue weighted by Crippen LogP contribution is -2.30. The Morgan fingerprint density at radius 1 is 1.09 bits per heavy atom. The zero-order valence-electron chi connectivity index (χ0n) is 19.4. The van der Waals surface area contributed by atoms with E-state index < -0.39 is 0 Å². The van der Waals surface area contributed by atoms with Crippen molar-refractivity contribution in [1.82, 2.24) is 19.9 Å². The first-order valence-electron chi connectivity index (χ1n) is 11.8. The molecule has 8 nitrogen and oxygen atoms in total. The molecule has 0 spiro atoms. The summed E-state index contributed by atoms with van der Waals surface area (Å²) in [4.78, 5) is 19.3. The van der Waals surface area contributed by atoms with Crippen LogP contribution in [-0.2, 0) is 6.42 Å². The number of hydrazone groups is 1. The van der Waals surface area contributed by atoms with Crippen LogP contribution in [0.25, 0.3) is 10.9 Å². The van der Waals surface area contributed by atoms with Crippen LogP contribution in [0.5, 0.6) is 6.01 Å². The second-order valence-corrected chi connectivity index (χ2v) is 8.39. The molecule has 8 heteroatoms. The van der Waals surface area contributed by atoms with Crippen LogP contribution in [0.2, 0.25) is 0 Å². The van der Waals surface area contributed by atoms with Crippen molar-refractivity contribution in [3.8, 4) is 6.01 Å². The van der Waals surface area contributed by atoms with Gasteiger partial charge in [-0.3, -0.25) is 9.99 Å². The van der Waals surface area contributed by atoms with E-state index in [0.717, 1.165) is 41.1 Å². The van der Waals surface area contributed by atoms with Gasteiger partial charge in [0, 0.05) is 67.2 Å². The van der Waals surface area contributed by atoms with E-state index in [4.69, 9.17) is 9.72 Å². The summed E-state index contributed by atoms with van der Waals surface area (Å²) in [5.41, 5.74) is 3.10. The van der Waals surface area contributed by atoms with E-state index in [2.05, 4.69) is 37.1 Å². The van der Waals surface area contributed by atoms with Gasteiger partial charge in [0.2, 0.25) is 0 Å². The van der Waals surface area contributed by atoms with Gasteiger partial charge in [-0.2, -0.15) is 15.1 Å². The van der Waals surface area contributed by atoms with Crippen molar-refractivity contribution < 1.29 is 4.74 Å². The van der Waals surface area contributed by atoms with Crippen LogP contribution in [0, 0.1) is 0 Å². The van der Waals surface area contributed by atoms with E-state index in [1.807, 2.05) is 55.9 Å². The summed E-state index contributed by atoms with van der Waals surface area (Å²) < 4.78 is 5.97. The molecular formula is C26H29N7O. The molecule has 1 aliphatic heterocycles. The predicted molar refractivity (Wildman–Crippen MR) is 136 cm³/mol. The summed E-state index contributed by atoms with van der Waals surface area (Å²) >= 11 is 0. The highest BCUT2D eigenvalue weighted by atomic mass is 16.5. The molecule has 1 aromatic carbocycles. The van der Waals surface area contributed by atoms with Crippen LogP contribution in [0.3, 0.4) is 0 Å².